The van der Waals surface area contributed by atoms with Gasteiger partial charge in [-0.1, -0.05) is 42.1 Å². The Morgan fingerprint density at radius 2 is 1.69 bits per heavy atom. The molecule has 1 heterocycles. The molecular formula is C32H22F3N3O3S. The molecule has 0 saturated heterocycles. The highest BCUT2D eigenvalue weighted by molar-refractivity contribution is 7.99. The van der Waals surface area contributed by atoms with Crippen LogP contribution in [0, 0.1) is 11.3 Å². The molecule has 0 spiro atoms. The quantitative estimate of drug-likeness (QED) is 0.179. The summed E-state index contributed by atoms with van der Waals surface area (Å²) >= 11 is 1.22. The minimum Gasteiger partial charge on any atom is -0.478 e. The molecule has 1 aromatic heterocycles. The van der Waals surface area contributed by atoms with Crippen LogP contribution in [0.25, 0.3) is 22.0 Å². The van der Waals surface area contributed by atoms with E-state index in [1.807, 2.05) is 6.07 Å². The van der Waals surface area contributed by atoms with Gasteiger partial charge in [-0.2, -0.15) is 18.4 Å². The zero-order chi connectivity index (χ0) is 30.0. The van der Waals surface area contributed by atoms with Crippen molar-refractivity contribution < 1.29 is 27.9 Å². The maximum atomic E-state index is 13.8. The molecule has 0 bridgehead atoms. The van der Waals surface area contributed by atoms with Crippen LogP contribution in [0.15, 0.2) is 101 Å². The number of hydrogen-bond donors (Lipinski definition) is 3. The van der Waals surface area contributed by atoms with E-state index >= 15 is 0 Å². The van der Waals surface area contributed by atoms with Gasteiger partial charge in [-0.25, -0.2) is 4.79 Å². The number of nitrogens with one attached hydrogen (secondary N) is 2. The van der Waals surface area contributed by atoms with Crippen LogP contribution in [0.1, 0.15) is 50.4 Å². The summed E-state index contributed by atoms with van der Waals surface area (Å²) < 4.78 is 39.2. The van der Waals surface area contributed by atoms with Crippen molar-refractivity contribution in [1.29, 1.82) is 5.26 Å². The van der Waals surface area contributed by atoms with Crippen molar-refractivity contribution in [3.63, 3.8) is 0 Å². The Morgan fingerprint density at radius 3 is 2.33 bits per heavy atom. The zero-order valence-electron chi connectivity index (χ0n) is 22.0. The van der Waals surface area contributed by atoms with Gasteiger partial charge in [0.05, 0.1) is 34.4 Å². The molecule has 210 valence electrons. The summed E-state index contributed by atoms with van der Waals surface area (Å²) in [7, 11) is 0. The number of aromatic nitrogens is 1. The fourth-order valence-electron chi connectivity index (χ4n) is 4.60. The number of halogens is 3. The minimum atomic E-state index is -4.45. The number of rotatable bonds is 7. The van der Waals surface area contributed by atoms with E-state index in [1.165, 1.54) is 36.0 Å². The molecule has 0 unspecified atom stereocenters. The van der Waals surface area contributed by atoms with Gasteiger partial charge in [0.25, 0.3) is 5.91 Å². The third-order valence-electron chi connectivity index (χ3n) is 6.76. The number of carboxylic acid groups (broad SMARTS) is 1. The molecule has 5 rings (SSSR count). The van der Waals surface area contributed by atoms with Crippen molar-refractivity contribution in [2.45, 2.75) is 28.9 Å². The first-order valence-electron chi connectivity index (χ1n) is 12.7. The zero-order valence-corrected chi connectivity index (χ0v) is 22.8. The van der Waals surface area contributed by atoms with Gasteiger partial charge >= 0.3 is 12.1 Å². The lowest BCUT2D eigenvalue weighted by Gasteiger charge is -2.17. The normalized spacial score (nSPS) is 12.1. The van der Waals surface area contributed by atoms with E-state index in [-0.39, 0.29) is 5.56 Å². The molecule has 10 heteroatoms. The second-order valence-electron chi connectivity index (χ2n) is 9.50. The molecule has 42 heavy (non-hydrogen) atoms. The number of amides is 1. The summed E-state index contributed by atoms with van der Waals surface area (Å²) in [6.45, 7) is 1.77. The largest absolute Gasteiger partial charge is 0.478 e. The van der Waals surface area contributed by atoms with Gasteiger partial charge in [-0.3, -0.25) is 4.79 Å². The number of aromatic carboxylic acids is 1. The van der Waals surface area contributed by atoms with E-state index in [1.54, 1.807) is 55.6 Å². The molecule has 0 aliphatic heterocycles. The van der Waals surface area contributed by atoms with Crippen LogP contribution < -0.4 is 5.32 Å². The van der Waals surface area contributed by atoms with Gasteiger partial charge in [0, 0.05) is 26.9 Å². The number of aromatic amines is 1. The van der Waals surface area contributed by atoms with Crippen LogP contribution in [0.4, 0.5) is 13.2 Å². The fraction of sp³-hybridized carbons (Fsp3) is 0.0938. The number of carboxylic acids is 1. The number of nitriles is 1. The summed E-state index contributed by atoms with van der Waals surface area (Å²) in [4.78, 5) is 29.4. The molecule has 6 nitrogen and oxygen atoms in total. The summed E-state index contributed by atoms with van der Waals surface area (Å²) in [5.41, 5.74) is 2.69. The van der Waals surface area contributed by atoms with Crippen LogP contribution >= 0.6 is 11.8 Å². The maximum Gasteiger partial charge on any atom is 0.416 e. The van der Waals surface area contributed by atoms with Crippen LogP contribution in [0.2, 0.25) is 0 Å². The van der Waals surface area contributed by atoms with Crippen LogP contribution in [-0.4, -0.2) is 22.0 Å². The van der Waals surface area contributed by atoms with E-state index in [0.29, 0.717) is 48.5 Å². The van der Waals surface area contributed by atoms with Gasteiger partial charge in [0.1, 0.15) is 0 Å². The Hall–Kier alpha value is -5.01. The first-order chi connectivity index (χ1) is 20.0. The number of nitrogens with zero attached hydrogens (tertiary/aromatic N) is 1. The molecule has 0 aliphatic rings. The molecule has 0 saturated carbocycles. The standard InChI is InChI=1S/C32H22F3N3O3S/c1-18(19-6-8-20(9-7-19)31(40)41)38-30(39)26-14-22(25-5-3-2-4-21(25)16-36)15-27-29(26)28(17-37-27)42-24-12-10-23(11-13-24)32(33,34)35/h2-15,17-18,37H,1H3,(H,38,39)(H,40,41)/t18-/m0/s1. The van der Waals surface area contributed by atoms with Gasteiger partial charge < -0.3 is 15.4 Å². The van der Waals surface area contributed by atoms with Crippen LogP contribution in [0.3, 0.4) is 0 Å². The van der Waals surface area contributed by atoms with E-state index in [0.717, 1.165) is 12.1 Å². The lowest BCUT2D eigenvalue weighted by Crippen LogP contribution is -2.27. The predicted molar refractivity (Wildman–Crippen MR) is 153 cm³/mol. The first-order valence-corrected chi connectivity index (χ1v) is 13.5. The van der Waals surface area contributed by atoms with E-state index in [4.69, 9.17) is 0 Å². The average molecular weight is 586 g/mol. The molecule has 0 fully saturated rings. The van der Waals surface area contributed by atoms with Crippen molar-refractivity contribution in [1.82, 2.24) is 10.3 Å². The Balaban J connectivity index is 1.56. The lowest BCUT2D eigenvalue weighted by atomic mass is 9.96. The Morgan fingerprint density at radius 1 is 1.00 bits per heavy atom. The number of hydrogen-bond acceptors (Lipinski definition) is 4. The highest BCUT2D eigenvalue weighted by Gasteiger charge is 2.30. The molecule has 0 radical (unpaired) electrons. The number of carbonyl (C=O) groups excluding carboxylic acids is 1. The van der Waals surface area contributed by atoms with Gasteiger partial charge in [0.2, 0.25) is 0 Å². The summed E-state index contributed by atoms with van der Waals surface area (Å²) in [6.07, 6.45) is -2.76. The minimum absolute atomic E-state index is 0.125. The van der Waals surface area contributed by atoms with Crippen LogP contribution in [-0.2, 0) is 6.18 Å². The maximum absolute atomic E-state index is 13.8. The van der Waals surface area contributed by atoms with E-state index in [9.17, 15) is 33.1 Å². The first kappa shape index (κ1) is 28.5. The highest BCUT2D eigenvalue weighted by Crippen LogP contribution is 2.39. The molecule has 4 aromatic carbocycles. The third-order valence-corrected chi connectivity index (χ3v) is 7.81. The van der Waals surface area contributed by atoms with E-state index in [2.05, 4.69) is 16.4 Å². The Bertz CT molecular complexity index is 1840. The van der Waals surface area contributed by atoms with Gasteiger partial charge in [0.15, 0.2) is 0 Å². The van der Waals surface area contributed by atoms with Crippen molar-refractivity contribution in [3.05, 3.63) is 119 Å². The summed E-state index contributed by atoms with van der Waals surface area (Å²) in [6, 6.07) is 23.2. The topological polar surface area (TPSA) is 106 Å². The molecule has 1 amide bonds. The SMILES string of the molecule is C[C@H](NC(=O)c1cc(-c2ccccc2C#N)cc2[nH]cc(Sc3ccc(C(F)(F)F)cc3)c12)c1ccc(C(=O)O)cc1. The van der Waals surface area contributed by atoms with Crippen LogP contribution in [0.5, 0.6) is 0 Å². The predicted octanol–water partition coefficient (Wildman–Crippen LogP) is 8.07. The van der Waals surface area contributed by atoms with Gasteiger partial charge in [-0.05, 0) is 78.2 Å². The summed E-state index contributed by atoms with van der Waals surface area (Å²) in [5, 5.41) is 22.4. The number of fused-ring (bicyclic) bond motifs is 1. The second kappa shape index (κ2) is 11.5. The Labute approximate surface area is 242 Å². The summed E-state index contributed by atoms with van der Waals surface area (Å²) in [5.74, 6) is -1.47. The number of benzene rings is 4. The highest BCUT2D eigenvalue weighted by atomic mass is 32.2. The molecule has 5 aromatic rings. The van der Waals surface area contributed by atoms with Crippen molar-refractivity contribution in [2.24, 2.45) is 0 Å². The monoisotopic (exact) mass is 585 g/mol. The van der Waals surface area contributed by atoms with E-state index < -0.39 is 29.7 Å². The van der Waals surface area contributed by atoms with Crippen molar-refractivity contribution in [3.8, 4) is 17.2 Å². The smallest absolute Gasteiger partial charge is 0.416 e. The van der Waals surface area contributed by atoms with Crippen molar-refractivity contribution in [2.75, 3.05) is 0 Å². The molecule has 3 N–H and O–H groups in total. The number of carbonyl (C=O) groups is 2. The molecule has 0 aliphatic carbocycles. The van der Waals surface area contributed by atoms with Crippen molar-refractivity contribution >= 4 is 34.5 Å². The lowest BCUT2D eigenvalue weighted by molar-refractivity contribution is -0.137. The number of alkyl halides is 3. The average Bonchev–Trinajstić information content (AvgIpc) is 3.38. The van der Waals surface area contributed by atoms with Gasteiger partial charge in [-0.15, -0.1) is 0 Å². The third kappa shape index (κ3) is 5.87. The molecule has 1 atom stereocenters. The Kier molecular flexibility index (Phi) is 7.79. The second-order valence-corrected chi connectivity index (χ2v) is 10.6. The fourth-order valence-corrected chi connectivity index (χ4v) is 5.56. The number of H-pyrrole nitrogens is 1. The molecular weight excluding hydrogens is 563 g/mol.